The predicted octanol–water partition coefficient (Wildman–Crippen LogP) is 2.66. The van der Waals surface area contributed by atoms with E-state index < -0.39 is 0 Å². The summed E-state index contributed by atoms with van der Waals surface area (Å²) in [5, 5.41) is 8.02. The van der Waals surface area contributed by atoms with Gasteiger partial charge in [-0.3, -0.25) is 9.48 Å². The number of amides is 1. The Morgan fingerprint density at radius 3 is 2.96 bits per heavy atom. The molecule has 0 bridgehead atoms. The van der Waals surface area contributed by atoms with Gasteiger partial charge in [0.1, 0.15) is 11.4 Å². The summed E-state index contributed by atoms with van der Waals surface area (Å²) in [5.74, 6) is 0.945. The summed E-state index contributed by atoms with van der Waals surface area (Å²) in [6, 6.07) is 10.5. The molecule has 1 aromatic carbocycles. The molecule has 6 nitrogen and oxygen atoms in total. The number of carbonyl (C=O) groups is 1. The smallest absolute Gasteiger partial charge is 0.274 e. The molecule has 2 aliphatic rings. The number of carbonyl (C=O) groups excluding carboxylic acids is 1. The van der Waals surface area contributed by atoms with E-state index in [4.69, 9.17) is 4.74 Å². The highest BCUT2D eigenvalue weighted by Gasteiger charge is 2.31. The highest BCUT2D eigenvalue weighted by molar-refractivity contribution is 5.92. The molecule has 0 aliphatic carbocycles. The standard InChI is InChI=1S/C21H28N4O2/c1-27-20-9-3-2-6-16(20)14-17-8-5-12-24(17)21(26)19-10-13-25(23-19)18-7-4-11-22-15-18/h2-3,6,9-10,13,17-18,22H,4-5,7-8,11-12,14-15H2,1H3. The lowest BCUT2D eigenvalue weighted by Gasteiger charge is -2.25. The summed E-state index contributed by atoms with van der Waals surface area (Å²) in [4.78, 5) is 15.1. The molecule has 0 radical (unpaired) electrons. The van der Waals surface area contributed by atoms with Crippen molar-refractivity contribution in [1.82, 2.24) is 20.0 Å². The number of piperidine rings is 1. The van der Waals surface area contributed by atoms with E-state index in [0.717, 1.165) is 63.1 Å². The predicted molar refractivity (Wildman–Crippen MR) is 104 cm³/mol. The normalized spacial score (nSPS) is 22.8. The fraction of sp³-hybridized carbons (Fsp3) is 0.524. The van der Waals surface area contributed by atoms with E-state index in [1.165, 1.54) is 0 Å². The second kappa shape index (κ2) is 8.13. The summed E-state index contributed by atoms with van der Waals surface area (Å²) in [6.07, 6.45) is 7.11. The van der Waals surface area contributed by atoms with Gasteiger partial charge in [-0.2, -0.15) is 5.10 Å². The Morgan fingerprint density at radius 1 is 1.26 bits per heavy atom. The maximum atomic E-state index is 13.1. The van der Waals surface area contributed by atoms with E-state index in [9.17, 15) is 4.79 Å². The maximum absolute atomic E-state index is 13.1. The summed E-state index contributed by atoms with van der Waals surface area (Å²) in [6.45, 7) is 2.80. The van der Waals surface area contributed by atoms with Crippen LogP contribution in [0.5, 0.6) is 5.75 Å². The fourth-order valence-corrected chi connectivity index (χ4v) is 4.30. The van der Waals surface area contributed by atoms with E-state index >= 15 is 0 Å². The number of nitrogens with one attached hydrogen (secondary N) is 1. The number of para-hydroxylation sites is 1. The van der Waals surface area contributed by atoms with Crippen LogP contribution in [0.2, 0.25) is 0 Å². The third-order valence-electron chi connectivity index (χ3n) is 5.76. The van der Waals surface area contributed by atoms with Gasteiger partial charge in [0, 0.05) is 25.3 Å². The highest BCUT2D eigenvalue weighted by Crippen LogP contribution is 2.27. The van der Waals surface area contributed by atoms with Crippen LogP contribution in [0.25, 0.3) is 0 Å². The molecule has 0 saturated carbocycles. The van der Waals surface area contributed by atoms with Crippen molar-refractivity contribution in [3.63, 3.8) is 0 Å². The van der Waals surface area contributed by atoms with Gasteiger partial charge in [0.25, 0.3) is 5.91 Å². The van der Waals surface area contributed by atoms with Crippen LogP contribution >= 0.6 is 0 Å². The van der Waals surface area contributed by atoms with E-state index in [0.29, 0.717) is 11.7 Å². The van der Waals surface area contributed by atoms with Gasteiger partial charge >= 0.3 is 0 Å². The number of nitrogens with zero attached hydrogens (tertiary/aromatic N) is 3. The number of hydrogen-bond acceptors (Lipinski definition) is 4. The summed E-state index contributed by atoms with van der Waals surface area (Å²) in [7, 11) is 1.70. The number of methoxy groups -OCH3 is 1. The lowest BCUT2D eigenvalue weighted by atomic mass is 10.0. The molecule has 144 valence electrons. The largest absolute Gasteiger partial charge is 0.496 e. The molecule has 1 N–H and O–H groups in total. The first kappa shape index (κ1) is 18.0. The monoisotopic (exact) mass is 368 g/mol. The van der Waals surface area contributed by atoms with Gasteiger partial charge in [-0.05, 0) is 56.3 Å². The molecule has 0 spiro atoms. The van der Waals surface area contributed by atoms with Crippen LogP contribution in [0.4, 0.5) is 0 Å². The minimum absolute atomic E-state index is 0.0508. The second-order valence-corrected chi connectivity index (χ2v) is 7.49. The lowest BCUT2D eigenvalue weighted by molar-refractivity contribution is 0.0728. The van der Waals surface area contributed by atoms with Gasteiger partial charge in [0.05, 0.1) is 13.2 Å². The number of likely N-dealkylation sites (tertiary alicyclic amines) is 1. The first-order chi connectivity index (χ1) is 13.3. The summed E-state index contributed by atoms with van der Waals surface area (Å²) >= 11 is 0. The molecule has 27 heavy (non-hydrogen) atoms. The maximum Gasteiger partial charge on any atom is 0.274 e. The Kier molecular flexibility index (Phi) is 5.43. The van der Waals surface area contributed by atoms with Crippen molar-refractivity contribution in [3.05, 3.63) is 47.8 Å². The van der Waals surface area contributed by atoms with E-state index in [1.807, 2.05) is 40.0 Å². The molecule has 1 aromatic heterocycles. The van der Waals surface area contributed by atoms with Gasteiger partial charge in [0.2, 0.25) is 0 Å². The number of hydrogen-bond donors (Lipinski definition) is 1. The SMILES string of the molecule is COc1ccccc1CC1CCCN1C(=O)c1ccn(C2CCCNC2)n1. The Balaban J connectivity index is 1.47. The van der Waals surface area contributed by atoms with E-state index in [1.54, 1.807) is 7.11 Å². The molecule has 2 atom stereocenters. The summed E-state index contributed by atoms with van der Waals surface area (Å²) in [5.41, 5.74) is 1.72. The van der Waals surface area contributed by atoms with Gasteiger partial charge in [-0.25, -0.2) is 0 Å². The minimum Gasteiger partial charge on any atom is -0.496 e. The number of ether oxygens (including phenoxy) is 1. The Bertz CT molecular complexity index is 782. The van der Waals surface area contributed by atoms with Gasteiger partial charge < -0.3 is 15.0 Å². The van der Waals surface area contributed by atoms with Crippen LogP contribution in [0.15, 0.2) is 36.5 Å². The van der Waals surface area contributed by atoms with Gasteiger partial charge in [-0.1, -0.05) is 18.2 Å². The molecule has 2 saturated heterocycles. The van der Waals surface area contributed by atoms with E-state index in [2.05, 4.69) is 16.5 Å². The molecule has 2 unspecified atom stereocenters. The molecule has 2 aromatic rings. The van der Waals surface area contributed by atoms with Crippen molar-refractivity contribution in [2.24, 2.45) is 0 Å². The zero-order chi connectivity index (χ0) is 18.6. The van der Waals surface area contributed by atoms with E-state index in [-0.39, 0.29) is 11.9 Å². The van der Waals surface area contributed by atoms with Crippen molar-refractivity contribution < 1.29 is 9.53 Å². The second-order valence-electron chi connectivity index (χ2n) is 7.49. The molecule has 3 heterocycles. The van der Waals surface area contributed by atoms with Crippen molar-refractivity contribution in [2.75, 3.05) is 26.7 Å². The Morgan fingerprint density at radius 2 is 2.15 bits per heavy atom. The zero-order valence-corrected chi connectivity index (χ0v) is 15.9. The molecular formula is C21H28N4O2. The number of rotatable bonds is 5. The zero-order valence-electron chi connectivity index (χ0n) is 15.9. The molecule has 2 aliphatic heterocycles. The first-order valence-electron chi connectivity index (χ1n) is 9.95. The number of aromatic nitrogens is 2. The van der Waals surface area contributed by atoms with Crippen molar-refractivity contribution >= 4 is 5.91 Å². The van der Waals surface area contributed by atoms with Crippen LogP contribution < -0.4 is 10.1 Å². The molecule has 6 heteroatoms. The lowest BCUT2D eigenvalue weighted by Crippen LogP contribution is -2.37. The van der Waals surface area contributed by atoms with Crippen LogP contribution in [0.3, 0.4) is 0 Å². The molecule has 4 rings (SSSR count). The van der Waals surface area contributed by atoms with Crippen LogP contribution in [0.1, 0.15) is 47.8 Å². The fourth-order valence-electron chi connectivity index (χ4n) is 4.30. The minimum atomic E-state index is 0.0508. The van der Waals surface area contributed by atoms with Gasteiger partial charge in [0.15, 0.2) is 0 Å². The van der Waals surface area contributed by atoms with Gasteiger partial charge in [-0.15, -0.1) is 0 Å². The third kappa shape index (κ3) is 3.86. The van der Waals surface area contributed by atoms with Crippen molar-refractivity contribution in [3.8, 4) is 5.75 Å². The average molecular weight is 368 g/mol. The number of benzene rings is 1. The van der Waals surface area contributed by atoms with Crippen LogP contribution in [-0.2, 0) is 6.42 Å². The first-order valence-corrected chi connectivity index (χ1v) is 9.95. The van der Waals surface area contributed by atoms with Crippen LogP contribution in [-0.4, -0.2) is 53.4 Å². The highest BCUT2D eigenvalue weighted by atomic mass is 16.5. The average Bonchev–Trinajstić information content (AvgIpc) is 3.38. The molecule has 1 amide bonds. The van der Waals surface area contributed by atoms with Crippen molar-refractivity contribution in [1.29, 1.82) is 0 Å². The van der Waals surface area contributed by atoms with Crippen molar-refractivity contribution in [2.45, 2.75) is 44.2 Å². The molecule has 2 fully saturated rings. The molecular weight excluding hydrogens is 340 g/mol. The van der Waals surface area contributed by atoms with Crippen LogP contribution in [0, 0.1) is 0 Å². The quantitative estimate of drug-likeness (QED) is 0.881. The topological polar surface area (TPSA) is 59.4 Å². The Hall–Kier alpha value is -2.34. The third-order valence-corrected chi connectivity index (χ3v) is 5.76. The summed E-state index contributed by atoms with van der Waals surface area (Å²) < 4.78 is 7.44. The Labute approximate surface area is 160 Å².